The van der Waals surface area contributed by atoms with Crippen LogP contribution < -0.4 is 10.6 Å². The molecule has 0 spiro atoms. The van der Waals surface area contributed by atoms with Crippen LogP contribution in [0.2, 0.25) is 5.02 Å². The number of hydrogen-bond donors (Lipinski definition) is 1. The van der Waals surface area contributed by atoms with E-state index in [1.807, 2.05) is 12.1 Å². The molecule has 0 amide bonds. The Morgan fingerprint density at radius 3 is 2.89 bits per heavy atom. The summed E-state index contributed by atoms with van der Waals surface area (Å²) in [5.74, 6) is 0. The van der Waals surface area contributed by atoms with Gasteiger partial charge in [-0.15, -0.1) is 0 Å². The molecule has 0 radical (unpaired) electrons. The van der Waals surface area contributed by atoms with Crippen LogP contribution in [0.15, 0.2) is 12.1 Å². The van der Waals surface area contributed by atoms with Crippen molar-refractivity contribution in [3.8, 4) is 0 Å². The molecule has 104 valence electrons. The highest BCUT2D eigenvalue weighted by molar-refractivity contribution is 6.33. The molecule has 2 heterocycles. The Morgan fingerprint density at radius 1 is 1.21 bits per heavy atom. The van der Waals surface area contributed by atoms with Crippen LogP contribution in [0.1, 0.15) is 24.8 Å². The number of piperidine rings is 1. The van der Waals surface area contributed by atoms with E-state index in [9.17, 15) is 0 Å². The molecule has 1 aromatic rings. The minimum Gasteiger partial charge on any atom is -0.398 e. The number of nitrogens with two attached hydrogens (primary N) is 1. The van der Waals surface area contributed by atoms with Crippen molar-refractivity contribution in [2.24, 2.45) is 0 Å². The first-order valence-corrected chi connectivity index (χ1v) is 7.57. The lowest BCUT2D eigenvalue weighted by atomic mass is 9.98. The lowest BCUT2D eigenvalue weighted by Gasteiger charge is -2.45. The SMILES string of the molecule is Cc1cc(N)c(Cl)cc1N1CCN2CCCCC2C1. The first-order valence-electron chi connectivity index (χ1n) is 7.20. The zero-order valence-electron chi connectivity index (χ0n) is 11.5. The van der Waals surface area contributed by atoms with Gasteiger partial charge in [-0.2, -0.15) is 0 Å². The maximum absolute atomic E-state index is 6.18. The Kier molecular flexibility index (Phi) is 3.59. The molecule has 2 aliphatic heterocycles. The third-order valence-electron chi connectivity index (χ3n) is 4.49. The van der Waals surface area contributed by atoms with Crippen LogP contribution in [-0.2, 0) is 0 Å². The molecule has 3 rings (SSSR count). The third kappa shape index (κ3) is 2.54. The van der Waals surface area contributed by atoms with Gasteiger partial charge in [0.1, 0.15) is 0 Å². The quantitative estimate of drug-likeness (QED) is 0.803. The Balaban J connectivity index is 1.81. The highest BCUT2D eigenvalue weighted by Crippen LogP contribution is 2.32. The zero-order valence-corrected chi connectivity index (χ0v) is 12.3. The monoisotopic (exact) mass is 279 g/mol. The summed E-state index contributed by atoms with van der Waals surface area (Å²) >= 11 is 6.18. The first kappa shape index (κ1) is 13.1. The second-order valence-electron chi connectivity index (χ2n) is 5.79. The highest BCUT2D eigenvalue weighted by Gasteiger charge is 2.29. The molecule has 1 aromatic carbocycles. The number of piperazine rings is 1. The van der Waals surface area contributed by atoms with Gasteiger partial charge in [0.2, 0.25) is 0 Å². The number of benzene rings is 1. The van der Waals surface area contributed by atoms with Gasteiger partial charge in [0.25, 0.3) is 0 Å². The van der Waals surface area contributed by atoms with Crippen molar-refractivity contribution in [3.63, 3.8) is 0 Å². The lowest BCUT2D eigenvalue weighted by molar-refractivity contribution is 0.133. The van der Waals surface area contributed by atoms with Crippen LogP contribution in [0.3, 0.4) is 0 Å². The molecule has 2 N–H and O–H groups in total. The molecule has 1 atom stereocenters. The van der Waals surface area contributed by atoms with Gasteiger partial charge >= 0.3 is 0 Å². The van der Waals surface area contributed by atoms with Crippen LogP contribution in [0.25, 0.3) is 0 Å². The predicted molar refractivity (Wildman–Crippen MR) is 82.0 cm³/mol. The van der Waals surface area contributed by atoms with Crippen LogP contribution in [0.4, 0.5) is 11.4 Å². The molecule has 0 bridgehead atoms. The summed E-state index contributed by atoms with van der Waals surface area (Å²) < 4.78 is 0. The number of nitrogens with zero attached hydrogens (tertiary/aromatic N) is 2. The summed E-state index contributed by atoms with van der Waals surface area (Å²) in [6.07, 6.45) is 4.07. The molecule has 2 fully saturated rings. The summed E-state index contributed by atoms with van der Waals surface area (Å²) in [6, 6.07) is 4.74. The molecule has 0 saturated carbocycles. The van der Waals surface area contributed by atoms with Crippen LogP contribution >= 0.6 is 11.6 Å². The third-order valence-corrected chi connectivity index (χ3v) is 4.82. The van der Waals surface area contributed by atoms with Gasteiger partial charge in [-0.05, 0) is 44.0 Å². The second kappa shape index (κ2) is 5.22. The summed E-state index contributed by atoms with van der Waals surface area (Å²) in [6.45, 7) is 6.79. The number of halogens is 1. The van der Waals surface area contributed by atoms with Crippen molar-refractivity contribution in [2.45, 2.75) is 32.2 Å². The minimum atomic E-state index is 0.673. The number of anilines is 2. The zero-order chi connectivity index (χ0) is 13.4. The van der Waals surface area contributed by atoms with Gasteiger partial charge in [0, 0.05) is 31.4 Å². The van der Waals surface area contributed by atoms with Crippen LogP contribution in [-0.4, -0.2) is 37.1 Å². The fourth-order valence-corrected chi connectivity index (χ4v) is 3.57. The van der Waals surface area contributed by atoms with Crippen molar-refractivity contribution < 1.29 is 0 Å². The fourth-order valence-electron chi connectivity index (χ4n) is 3.41. The van der Waals surface area contributed by atoms with E-state index in [1.165, 1.54) is 43.6 Å². The molecule has 2 saturated heterocycles. The average molecular weight is 280 g/mol. The molecule has 4 heteroatoms. The van der Waals surface area contributed by atoms with Crippen molar-refractivity contribution in [3.05, 3.63) is 22.7 Å². The highest BCUT2D eigenvalue weighted by atomic mass is 35.5. The molecular formula is C15H22ClN3. The summed E-state index contributed by atoms with van der Waals surface area (Å²) in [4.78, 5) is 5.13. The van der Waals surface area contributed by atoms with Crippen molar-refractivity contribution in [1.29, 1.82) is 0 Å². The standard InChI is InChI=1S/C15H22ClN3/c1-11-8-14(17)13(16)9-15(11)19-7-6-18-5-3-2-4-12(18)10-19/h8-9,12H,2-7,10,17H2,1H3. The van der Waals surface area contributed by atoms with E-state index >= 15 is 0 Å². The predicted octanol–water partition coefficient (Wildman–Crippen LogP) is 2.91. The molecule has 3 nitrogen and oxygen atoms in total. The number of nitrogen functional groups attached to an aromatic ring is 1. The normalized spacial score (nSPS) is 24.3. The maximum atomic E-state index is 6.18. The van der Waals surface area contributed by atoms with E-state index in [0.29, 0.717) is 10.7 Å². The van der Waals surface area contributed by atoms with E-state index in [2.05, 4.69) is 16.7 Å². The summed E-state index contributed by atoms with van der Waals surface area (Å²) in [5.41, 5.74) is 9.03. The number of aryl methyl sites for hydroxylation is 1. The van der Waals surface area contributed by atoms with Crippen LogP contribution in [0.5, 0.6) is 0 Å². The maximum Gasteiger partial charge on any atom is 0.0656 e. The molecule has 0 aliphatic carbocycles. The van der Waals surface area contributed by atoms with Crippen molar-refractivity contribution in [1.82, 2.24) is 4.90 Å². The Labute approximate surface area is 120 Å². The topological polar surface area (TPSA) is 32.5 Å². The Bertz CT molecular complexity index is 475. The van der Waals surface area contributed by atoms with Gasteiger partial charge in [-0.1, -0.05) is 18.0 Å². The van der Waals surface area contributed by atoms with E-state index in [1.54, 1.807) is 0 Å². The minimum absolute atomic E-state index is 0.673. The molecular weight excluding hydrogens is 258 g/mol. The van der Waals surface area contributed by atoms with E-state index in [0.717, 1.165) is 19.1 Å². The first-order chi connectivity index (χ1) is 9.15. The second-order valence-corrected chi connectivity index (χ2v) is 6.20. The summed E-state index contributed by atoms with van der Waals surface area (Å²) in [7, 11) is 0. The van der Waals surface area contributed by atoms with Gasteiger partial charge in [0.15, 0.2) is 0 Å². The largest absolute Gasteiger partial charge is 0.398 e. The lowest BCUT2D eigenvalue weighted by Crippen LogP contribution is -2.55. The van der Waals surface area contributed by atoms with Gasteiger partial charge in [-0.25, -0.2) is 0 Å². The fraction of sp³-hybridized carbons (Fsp3) is 0.600. The summed E-state index contributed by atoms with van der Waals surface area (Å²) in [5, 5.41) is 0.673. The van der Waals surface area contributed by atoms with Crippen molar-refractivity contribution >= 4 is 23.0 Å². The van der Waals surface area contributed by atoms with Crippen LogP contribution in [0, 0.1) is 6.92 Å². The average Bonchev–Trinajstić information content (AvgIpc) is 2.42. The number of hydrogen-bond acceptors (Lipinski definition) is 3. The molecule has 2 aliphatic rings. The molecule has 19 heavy (non-hydrogen) atoms. The molecule has 0 aromatic heterocycles. The Morgan fingerprint density at radius 2 is 2.05 bits per heavy atom. The van der Waals surface area contributed by atoms with E-state index < -0.39 is 0 Å². The van der Waals surface area contributed by atoms with Gasteiger partial charge in [-0.3, -0.25) is 4.90 Å². The number of rotatable bonds is 1. The van der Waals surface area contributed by atoms with E-state index in [-0.39, 0.29) is 0 Å². The smallest absolute Gasteiger partial charge is 0.0656 e. The number of fused-ring (bicyclic) bond motifs is 1. The van der Waals surface area contributed by atoms with Crippen molar-refractivity contribution in [2.75, 3.05) is 36.8 Å². The van der Waals surface area contributed by atoms with Gasteiger partial charge in [0.05, 0.1) is 10.7 Å². The van der Waals surface area contributed by atoms with E-state index in [4.69, 9.17) is 17.3 Å². The molecule has 1 unspecified atom stereocenters. The van der Waals surface area contributed by atoms with Gasteiger partial charge < -0.3 is 10.6 Å². The Hall–Kier alpha value is -0.930.